The molecule has 0 saturated heterocycles. The number of nitrogens with two attached hydrogens (primary N) is 1. The predicted molar refractivity (Wildman–Crippen MR) is 46.8 cm³/mol. The molecule has 0 radical (unpaired) electrons. The quantitative estimate of drug-likeness (QED) is 0.607. The number of thiocarbonyl (C=S) groups is 1. The molecule has 1 aliphatic rings. The Morgan fingerprint density at radius 3 is 2.60 bits per heavy atom. The second kappa shape index (κ2) is 3.19. The number of rotatable bonds is 2. The monoisotopic (exact) mass is 158 g/mol. The first-order valence-corrected chi connectivity index (χ1v) is 4.11. The topological polar surface area (TPSA) is 29.3 Å². The molecule has 1 rings (SSSR count). The lowest BCUT2D eigenvalue weighted by molar-refractivity contribution is 0.259. The molecule has 1 fully saturated rings. The Kier molecular flexibility index (Phi) is 2.49. The van der Waals surface area contributed by atoms with Crippen LogP contribution in [0.4, 0.5) is 0 Å². The third-order valence-corrected chi connectivity index (χ3v) is 2.44. The van der Waals surface area contributed by atoms with Crippen molar-refractivity contribution in [3.63, 3.8) is 0 Å². The molecule has 0 aromatic heterocycles. The average Bonchev–Trinajstić information content (AvgIpc) is 1.77. The molecule has 0 aromatic carbocycles. The molecule has 0 heterocycles. The average molecular weight is 158 g/mol. The summed E-state index contributed by atoms with van der Waals surface area (Å²) in [4.78, 5) is 1.96. The fourth-order valence-corrected chi connectivity index (χ4v) is 1.23. The maximum Gasteiger partial charge on any atom is 0.166 e. The summed E-state index contributed by atoms with van der Waals surface area (Å²) in [5, 5.41) is 0.520. The fourth-order valence-electron chi connectivity index (χ4n) is 1.15. The summed E-state index contributed by atoms with van der Waals surface area (Å²) in [6.07, 6.45) is 4.09. The molecule has 10 heavy (non-hydrogen) atoms. The Hall–Kier alpha value is -0.310. The van der Waals surface area contributed by atoms with Gasteiger partial charge in [-0.05, 0) is 31.0 Å². The van der Waals surface area contributed by atoms with Gasteiger partial charge in [-0.25, -0.2) is 0 Å². The van der Waals surface area contributed by atoms with E-state index in [9.17, 15) is 0 Å². The van der Waals surface area contributed by atoms with Crippen LogP contribution >= 0.6 is 12.2 Å². The zero-order valence-electron chi connectivity index (χ0n) is 6.34. The second-order valence-corrected chi connectivity index (χ2v) is 3.43. The highest BCUT2D eigenvalue weighted by molar-refractivity contribution is 7.80. The molecule has 0 unspecified atom stereocenters. The van der Waals surface area contributed by atoms with Gasteiger partial charge in [0.1, 0.15) is 0 Å². The highest BCUT2D eigenvalue weighted by Crippen LogP contribution is 2.26. The standard InChI is InChI=1S/C7H14N2S/c1-9(7(8)10)5-6-3-2-4-6/h6H,2-5H2,1H3,(H2,8,10). The molecular formula is C7H14N2S. The Balaban J connectivity index is 2.16. The van der Waals surface area contributed by atoms with Crippen LogP contribution in [-0.4, -0.2) is 23.6 Å². The zero-order chi connectivity index (χ0) is 7.56. The number of hydrogen-bond acceptors (Lipinski definition) is 1. The largest absolute Gasteiger partial charge is 0.376 e. The van der Waals surface area contributed by atoms with Crippen molar-refractivity contribution in [1.82, 2.24) is 4.90 Å². The summed E-state index contributed by atoms with van der Waals surface area (Å²) in [7, 11) is 1.96. The van der Waals surface area contributed by atoms with E-state index in [0.717, 1.165) is 12.5 Å². The van der Waals surface area contributed by atoms with Crippen LogP contribution in [0.5, 0.6) is 0 Å². The minimum atomic E-state index is 0.520. The van der Waals surface area contributed by atoms with E-state index in [1.807, 2.05) is 11.9 Å². The van der Waals surface area contributed by atoms with Gasteiger partial charge in [-0.1, -0.05) is 6.42 Å². The highest BCUT2D eigenvalue weighted by atomic mass is 32.1. The van der Waals surface area contributed by atoms with Crippen molar-refractivity contribution in [2.45, 2.75) is 19.3 Å². The van der Waals surface area contributed by atoms with Gasteiger partial charge in [-0.15, -0.1) is 0 Å². The smallest absolute Gasteiger partial charge is 0.166 e. The van der Waals surface area contributed by atoms with Gasteiger partial charge in [0, 0.05) is 13.6 Å². The molecule has 0 bridgehead atoms. The lowest BCUT2D eigenvalue weighted by Crippen LogP contribution is -2.37. The first-order valence-electron chi connectivity index (χ1n) is 3.70. The van der Waals surface area contributed by atoms with E-state index in [-0.39, 0.29) is 0 Å². The molecule has 0 spiro atoms. The summed E-state index contributed by atoms with van der Waals surface area (Å²) >= 11 is 4.81. The van der Waals surface area contributed by atoms with E-state index in [2.05, 4.69) is 0 Å². The molecule has 0 atom stereocenters. The van der Waals surface area contributed by atoms with Gasteiger partial charge in [0.05, 0.1) is 0 Å². The fraction of sp³-hybridized carbons (Fsp3) is 0.857. The Bertz CT molecular complexity index is 132. The van der Waals surface area contributed by atoms with Crippen molar-refractivity contribution in [3.8, 4) is 0 Å². The van der Waals surface area contributed by atoms with E-state index >= 15 is 0 Å². The SMILES string of the molecule is CN(CC1CCC1)C(N)=S. The van der Waals surface area contributed by atoms with Crippen LogP contribution < -0.4 is 5.73 Å². The molecule has 2 nitrogen and oxygen atoms in total. The van der Waals surface area contributed by atoms with Crippen molar-refractivity contribution in [3.05, 3.63) is 0 Å². The molecule has 1 aliphatic carbocycles. The first-order chi connectivity index (χ1) is 4.70. The van der Waals surface area contributed by atoms with E-state index in [1.165, 1.54) is 19.3 Å². The van der Waals surface area contributed by atoms with Crippen LogP contribution in [0.15, 0.2) is 0 Å². The zero-order valence-corrected chi connectivity index (χ0v) is 7.16. The summed E-state index contributed by atoms with van der Waals surface area (Å²) in [5.74, 6) is 0.853. The molecular weight excluding hydrogens is 144 g/mol. The number of hydrogen-bond donors (Lipinski definition) is 1. The Morgan fingerprint density at radius 2 is 2.30 bits per heavy atom. The second-order valence-electron chi connectivity index (χ2n) is 3.02. The van der Waals surface area contributed by atoms with Gasteiger partial charge in [0.25, 0.3) is 0 Å². The third-order valence-electron chi connectivity index (χ3n) is 2.13. The van der Waals surface area contributed by atoms with Crippen LogP contribution in [0.2, 0.25) is 0 Å². The van der Waals surface area contributed by atoms with Crippen LogP contribution in [-0.2, 0) is 0 Å². The van der Waals surface area contributed by atoms with Crippen LogP contribution in [0.3, 0.4) is 0 Å². The summed E-state index contributed by atoms with van der Waals surface area (Å²) in [6.45, 7) is 1.05. The molecule has 3 heteroatoms. The van der Waals surface area contributed by atoms with E-state index in [4.69, 9.17) is 18.0 Å². The van der Waals surface area contributed by atoms with Crippen molar-refractivity contribution < 1.29 is 0 Å². The van der Waals surface area contributed by atoms with E-state index in [1.54, 1.807) is 0 Å². The molecule has 58 valence electrons. The van der Waals surface area contributed by atoms with Crippen LogP contribution in [0.1, 0.15) is 19.3 Å². The van der Waals surface area contributed by atoms with Gasteiger partial charge in [0.2, 0.25) is 0 Å². The normalized spacial score (nSPS) is 18.1. The first kappa shape index (κ1) is 7.79. The minimum absolute atomic E-state index is 0.520. The summed E-state index contributed by atoms with van der Waals surface area (Å²) in [5.41, 5.74) is 5.42. The maximum absolute atomic E-state index is 5.42. The van der Waals surface area contributed by atoms with Gasteiger partial charge in [0.15, 0.2) is 5.11 Å². The molecule has 2 N–H and O–H groups in total. The maximum atomic E-state index is 5.42. The lowest BCUT2D eigenvalue weighted by Gasteiger charge is -2.30. The molecule has 0 amide bonds. The van der Waals surface area contributed by atoms with Crippen molar-refractivity contribution in [2.75, 3.05) is 13.6 Å². The molecule has 1 saturated carbocycles. The summed E-state index contributed by atoms with van der Waals surface area (Å²) < 4.78 is 0. The Morgan fingerprint density at radius 1 is 1.70 bits per heavy atom. The number of nitrogens with zero attached hydrogens (tertiary/aromatic N) is 1. The molecule has 0 aromatic rings. The molecule has 0 aliphatic heterocycles. The van der Waals surface area contributed by atoms with Crippen molar-refractivity contribution in [1.29, 1.82) is 0 Å². The highest BCUT2D eigenvalue weighted by Gasteiger charge is 2.18. The van der Waals surface area contributed by atoms with E-state index < -0.39 is 0 Å². The predicted octanol–water partition coefficient (Wildman–Crippen LogP) is 0.962. The van der Waals surface area contributed by atoms with Gasteiger partial charge in [-0.2, -0.15) is 0 Å². The van der Waals surface area contributed by atoms with Crippen molar-refractivity contribution in [2.24, 2.45) is 11.7 Å². The third kappa shape index (κ3) is 1.84. The Labute approximate surface area is 67.4 Å². The van der Waals surface area contributed by atoms with Gasteiger partial charge >= 0.3 is 0 Å². The summed E-state index contributed by atoms with van der Waals surface area (Å²) in [6, 6.07) is 0. The van der Waals surface area contributed by atoms with Crippen LogP contribution in [0.25, 0.3) is 0 Å². The van der Waals surface area contributed by atoms with Gasteiger partial charge in [-0.3, -0.25) is 0 Å². The van der Waals surface area contributed by atoms with Crippen molar-refractivity contribution >= 4 is 17.3 Å². The van der Waals surface area contributed by atoms with E-state index in [0.29, 0.717) is 5.11 Å². The van der Waals surface area contributed by atoms with Crippen LogP contribution in [0, 0.1) is 5.92 Å². The minimum Gasteiger partial charge on any atom is -0.376 e. The van der Waals surface area contributed by atoms with Gasteiger partial charge < -0.3 is 10.6 Å². The lowest BCUT2D eigenvalue weighted by atomic mass is 9.85.